The summed E-state index contributed by atoms with van der Waals surface area (Å²) >= 11 is 3.58. The minimum atomic E-state index is 0.645. The quantitative estimate of drug-likeness (QED) is 0.740. The van der Waals surface area contributed by atoms with Crippen LogP contribution in [-0.2, 0) is 19.4 Å². The molecular formula is C16H25N3S2. The first kappa shape index (κ1) is 16.6. The average Bonchev–Trinajstić information content (AvgIpc) is 2.97. The van der Waals surface area contributed by atoms with E-state index >= 15 is 0 Å². The fraction of sp³-hybridized carbons (Fsp3) is 0.625. The lowest BCUT2D eigenvalue weighted by Gasteiger charge is -2.05. The summed E-state index contributed by atoms with van der Waals surface area (Å²) in [5.74, 6) is 0.645. The van der Waals surface area contributed by atoms with Gasteiger partial charge in [-0.1, -0.05) is 20.8 Å². The van der Waals surface area contributed by atoms with E-state index in [1.807, 2.05) is 18.3 Å². The summed E-state index contributed by atoms with van der Waals surface area (Å²) in [6.45, 7) is 10.8. The lowest BCUT2D eigenvalue weighted by Crippen LogP contribution is -2.14. The van der Waals surface area contributed by atoms with E-state index in [1.54, 1.807) is 11.3 Å². The molecule has 0 aliphatic carbocycles. The molecule has 0 aliphatic rings. The maximum absolute atomic E-state index is 4.88. The molecule has 5 heteroatoms. The molecular weight excluding hydrogens is 298 g/mol. The number of aromatic nitrogens is 2. The van der Waals surface area contributed by atoms with E-state index in [9.17, 15) is 0 Å². The zero-order chi connectivity index (χ0) is 15.2. The van der Waals surface area contributed by atoms with Crippen molar-refractivity contribution in [1.82, 2.24) is 15.3 Å². The summed E-state index contributed by atoms with van der Waals surface area (Å²) < 4.78 is 0. The van der Waals surface area contributed by atoms with Crippen LogP contribution in [0.4, 0.5) is 0 Å². The molecule has 2 heterocycles. The summed E-state index contributed by atoms with van der Waals surface area (Å²) in [4.78, 5) is 10.8. The first-order valence-corrected chi connectivity index (χ1v) is 9.37. The molecule has 0 atom stereocenters. The number of rotatable bonds is 8. The van der Waals surface area contributed by atoms with E-state index in [0.29, 0.717) is 5.92 Å². The van der Waals surface area contributed by atoms with Crippen molar-refractivity contribution in [3.63, 3.8) is 0 Å². The SMILES string of the molecule is CCCNCc1sc(Cc2nc(C)cs2)nc1CC(C)C. The molecule has 21 heavy (non-hydrogen) atoms. The largest absolute Gasteiger partial charge is 0.312 e. The van der Waals surface area contributed by atoms with Gasteiger partial charge in [-0.25, -0.2) is 9.97 Å². The van der Waals surface area contributed by atoms with Crippen LogP contribution in [0, 0.1) is 12.8 Å². The third-order valence-electron chi connectivity index (χ3n) is 3.11. The minimum Gasteiger partial charge on any atom is -0.312 e. The predicted octanol–water partition coefficient (Wildman–Crippen LogP) is 4.20. The van der Waals surface area contributed by atoms with Gasteiger partial charge in [0.2, 0.25) is 0 Å². The lowest BCUT2D eigenvalue weighted by atomic mass is 10.1. The Labute approximate surface area is 135 Å². The number of thiazole rings is 2. The maximum Gasteiger partial charge on any atom is 0.0999 e. The van der Waals surface area contributed by atoms with E-state index in [2.05, 4.69) is 36.5 Å². The van der Waals surface area contributed by atoms with Gasteiger partial charge in [0.05, 0.1) is 22.1 Å². The molecule has 0 fully saturated rings. The second-order valence-electron chi connectivity index (χ2n) is 5.81. The Morgan fingerprint density at radius 2 is 2.05 bits per heavy atom. The second-order valence-corrected chi connectivity index (χ2v) is 7.92. The zero-order valence-electron chi connectivity index (χ0n) is 13.4. The van der Waals surface area contributed by atoms with Crippen LogP contribution in [0.2, 0.25) is 0 Å². The summed E-state index contributed by atoms with van der Waals surface area (Å²) in [6, 6.07) is 0. The molecule has 2 aromatic rings. The first-order valence-electron chi connectivity index (χ1n) is 7.67. The fourth-order valence-corrected chi connectivity index (χ4v) is 4.13. The van der Waals surface area contributed by atoms with Crippen LogP contribution >= 0.6 is 22.7 Å². The monoisotopic (exact) mass is 323 g/mol. The summed E-state index contributed by atoms with van der Waals surface area (Å²) in [5.41, 5.74) is 2.39. The molecule has 0 unspecified atom stereocenters. The molecule has 0 saturated carbocycles. The van der Waals surface area contributed by atoms with E-state index < -0.39 is 0 Å². The third kappa shape index (κ3) is 5.16. The molecule has 3 nitrogen and oxygen atoms in total. The molecule has 0 radical (unpaired) electrons. The Morgan fingerprint density at radius 3 is 2.67 bits per heavy atom. The summed E-state index contributed by atoms with van der Waals surface area (Å²) in [5, 5.41) is 7.99. The molecule has 0 aliphatic heterocycles. The molecule has 116 valence electrons. The Morgan fingerprint density at radius 1 is 1.24 bits per heavy atom. The van der Waals surface area contributed by atoms with Gasteiger partial charge in [-0.2, -0.15) is 0 Å². The number of hydrogen-bond donors (Lipinski definition) is 1. The molecule has 2 aromatic heterocycles. The highest BCUT2D eigenvalue weighted by Gasteiger charge is 2.13. The molecule has 2 rings (SSSR count). The van der Waals surface area contributed by atoms with Gasteiger partial charge in [-0.3, -0.25) is 0 Å². The van der Waals surface area contributed by atoms with Crippen molar-refractivity contribution in [1.29, 1.82) is 0 Å². The summed E-state index contributed by atoms with van der Waals surface area (Å²) in [7, 11) is 0. The van der Waals surface area contributed by atoms with Crippen LogP contribution in [0.15, 0.2) is 5.38 Å². The second kappa shape index (κ2) is 8.01. The molecule has 0 saturated heterocycles. The smallest absolute Gasteiger partial charge is 0.0999 e. The molecule has 0 bridgehead atoms. The lowest BCUT2D eigenvalue weighted by molar-refractivity contribution is 0.622. The van der Waals surface area contributed by atoms with Crippen molar-refractivity contribution in [2.45, 2.75) is 53.5 Å². The van der Waals surface area contributed by atoms with Gasteiger partial charge in [-0.15, -0.1) is 22.7 Å². The van der Waals surface area contributed by atoms with Gasteiger partial charge >= 0.3 is 0 Å². The number of hydrogen-bond acceptors (Lipinski definition) is 5. The van der Waals surface area contributed by atoms with Crippen LogP contribution in [0.3, 0.4) is 0 Å². The molecule has 1 N–H and O–H groups in total. The average molecular weight is 324 g/mol. The van der Waals surface area contributed by atoms with Crippen molar-refractivity contribution >= 4 is 22.7 Å². The number of aryl methyl sites for hydroxylation is 1. The Balaban J connectivity index is 2.10. The predicted molar refractivity (Wildman–Crippen MR) is 92.3 cm³/mol. The van der Waals surface area contributed by atoms with E-state index in [0.717, 1.165) is 31.6 Å². The number of nitrogens with zero attached hydrogens (tertiary/aromatic N) is 2. The van der Waals surface area contributed by atoms with Crippen LogP contribution in [-0.4, -0.2) is 16.5 Å². The standard InChI is InChI=1S/C16H25N3S2/c1-5-6-17-9-14-13(7-11(2)3)19-16(21-14)8-15-18-12(4)10-20-15/h10-11,17H,5-9H2,1-4H3. The normalized spacial score (nSPS) is 11.5. The van der Waals surface area contributed by atoms with Crippen molar-refractivity contribution in [2.75, 3.05) is 6.54 Å². The van der Waals surface area contributed by atoms with E-state index in [1.165, 1.54) is 27.0 Å². The highest BCUT2D eigenvalue weighted by molar-refractivity contribution is 7.12. The van der Waals surface area contributed by atoms with Gasteiger partial charge in [0.1, 0.15) is 0 Å². The van der Waals surface area contributed by atoms with Crippen LogP contribution in [0.1, 0.15) is 53.5 Å². The Hall–Kier alpha value is -0.780. The molecule has 0 amide bonds. The van der Waals surface area contributed by atoms with Crippen LogP contribution < -0.4 is 5.32 Å². The maximum atomic E-state index is 4.88. The van der Waals surface area contributed by atoms with Gasteiger partial charge in [0.15, 0.2) is 0 Å². The molecule has 0 spiro atoms. The van der Waals surface area contributed by atoms with Crippen LogP contribution in [0.5, 0.6) is 0 Å². The number of nitrogens with one attached hydrogen (secondary N) is 1. The van der Waals surface area contributed by atoms with Crippen molar-refractivity contribution in [3.8, 4) is 0 Å². The minimum absolute atomic E-state index is 0.645. The Kier molecular flexibility index (Phi) is 6.33. The van der Waals surface area contributed by atoms with Gasteiger partial charge in [-0.05, 0) is 32.2 Å². The highest BCUT2D eigenvalue weighted by Crippen LogP contribution is 2.24. The van der Waals surface area contributed by atoms with Gasteiger partial charge in [0, 0.05) is 22.5 Å². The van der Waals surface area contributed by atoms with E-state index in [-0.39, 0.29) is 0 Å². The van der Waals surface area contributed by atoms with Crippen molar-refractivity contribution < 1.29 is 0 Å². The van der Waals surface area contributed by atoms with Gasteiger partial charge < -0.3 is 5.32 Å². The van der Waals surface area contributed by atoms with Crippen molar-refractivity contribution in [3.05, 3.63) is 31.7 Å². The van der Waals surface area contributed by atoms with Crippen LogP contribution in [0.25, 0.3) is 0 Å². The topological polar surface area (TPSA) is 37.8 Å². The first-order chi connectivity index (χ1) is 10.1. The zero-order valence-corrected chi connectivity index (χ0v) is 15.0. The van der Waals surface area contributed by atoms with Gasteiger partial charge in [0.25, 0.3) is 0 Å². The fourth-order valence-electron chi connectivity index (χ4n) is 2.19. The summed E-state index contributed by atoms with van der Waals surface area (Å²) in [6.07, 6.45) is 3.11. The highest BCUT2D eigenvalue weighted by atomic mass is 32.1. The van der Waals surface area contributed by atoms with Crippen molar-refractivity contribution in [2.24, 2.45) is 5.92 Å². The third-order valence-corrected chi connectivity index (χ3v) is 5.17. The Bertz CT molecular complexity index is 558. The molecule has 0 aromatic carbocycles. The van der Waals surface area contributed by atoms with E-state index in [4.69, 9.17) is 4.98 Å².